The maximum Gasteiger partial charge on any atom is 0.164 e. The summed E-state index contributed by atoms with van der Waals surface area (Å²) in [6, 6.07) is 6.52. The van der Waals surface area contributed by atoms with Crippen molar-refractivity contribution in [3.05, 3.63) is 29.6 Å². The Morgan fingerprint density at radius 1 is 1.24 bits per heavy atom. The topological polar surface area (TPSA) is 56.7 Å². The largest absolute Gasteiger partial charge is 0.399 e. The smallest absolute Gasteiger partial charge is 0.164 e. The summed E-state index contributed by atoms with van der Waals surface area (Å²) < 4.78 is 2.24. The number of anilines is 1. The zero-order valence-corrected chi connectivity index (χ0v) is 10.1. The summed E-state index contributed by atoms with van der Waals surface area (Å²) in [5, 5.41) is 8.50. The van der Waals surface area contributed by atoms with Gasteiger partial charge in [0.25, 0.3) is 0 Å². The van der Waals surface area contributed by atoms with Crippen LogP contribution >= 0.6 is 0 Å². The van der Waals surface area contributed by atoms with Gasteiger partial charge in [-0.05, 0) is 44.4 Å². The maximum atomic E-state index is 5.86. The van der Waals surface area contributed by atoms with E-state index in [-0.39, 0.29) is 0 Å². The van der Waals surface area contributed by atoms with Gasteiger partial charge in [0.15, 0.2) is 5.82 Å². The molecule has 0 atom stereocenters. The van der Waals surface area contributed by atoms with E-state index in [9.17, 15) is 0 Å². The number of nitrogens with zero attached hydrogens (tertiary/aromatic N) is 3. The fourth-order valence-electron chi connectivity index (χ4n) is 2.20. The molecule has 0 radical (unpaired) electrons. The van der Waals surface area contributed by atoms with Crippen molar-refractivity contribution in [2.45, 2.75) is 32.7 Å². The molecular weight excluding hydrogens is 212 g/mol. The molecule has 88 valence electrons. The van der Waals surface area contributed by atoms with E-state index in [0.717, 1.165) is 22.9 Å². The molecule has 17 heavy (non-hydrogen) atoms. The van der Waals surface area contributed by atoms with E-state index < -0.39 is 0 Å². The van der Waals surface area contributed by atoms with E-state index in [1.165, 1.54) is 18.4 Å². The van der Waals surface area contributed by atoms with Gasteiger partial charge in [0.2, 0.25) is 0 Å². The molecule has 4 nitrogen and oxygen atoms in total. The number of benzene rings is 1. The molecule has 1 aromatic heterocycles. The molecule has 2 N–H and O–H groups in total. The van der Waals surface area contributed by atoms with Crippen molar-refractivity contribution in [3.8, 4) is 11.4 Å². The fraction of sp³-hybridized carbons (Fsp3) is 0.385. The lowest BCUT2D eigenvalue weighted by atomic mass is 10.1. The minimum absolute atomic E-state index is 0.584. The van der Waals surface area contributed by atoms with Gasteiger partial charge in [-0.15, -0.1) is 10.2 Å². The standard InChI is InChI=1S/C13H16N4/c1-8-3-4-10(14)7-12(8)13-16-15-9(2)17(13)11-5-6-11/h3-4,7,11H,5-6,14H2,1-2H3. The van der Waals surface area contributed by atoms with E-state index >= 15 is 0 Å². The lowest BCUT2D eigenvalue weighted by Crippen LogP contribution is -2.01. The molecule has 0 spiro atoms. The van der Waals surface area contributed by atoms with Crippen LogP contribution in [0.3, 0.4) is 0 Å². The zero-order valence-electron chi connectivity index (χ0n) is 10.1. The highest BCUT2D eigenvalue weighted by Crippen LogP contribution is 2.39. The van der Waals surface area contributed by atoms with Crippen LogP contribution in [-0.2, 0) is 0 Å². The molecule has 3 rings (SSSR count). The Labute approximate surface area is 100 Å². The van der Waals surface area contributed by atoms with E-state index in [1.807, 2.05) is 25.1 Å². The van der Waals surface area contributed by atoms with Crippen LogP contribution in [0, 0.1) is 13.8 Å². The average molecular weight is 228 g/mol. The number of nitrogens with two attached hydrogens (primary N) is 1. The first kappa shape index (κ1) is 10.3. The fourth-order valence-corrected chi connectivity index (χ4v) is 2.20. The molecule has 0 amide bonds. The van der Waals surface area contributed by atoms with E-state index in [2.05, 4.69) is 21.7 Å². The predicted octanol–water partition coefficient (Wildman–Crippen LogP) is 2.48. The predicted molar refractivity (Wildman–Crippen MR) is 67.6 cm³/mol. The summed E-state index contributed by atoms with van der Waals surface area (Å²) in [5.74, 6) is 1.94. The second kappa shape index (κ2) is 3.58. The highest BCUT2D eigenvalue weighted by Gasteiger charge is 2.28. The molecule has 1 heterocycles. The van der Waals surface area contributed by atoms with Crippen molar-refractivity contribution < 1.29 is 0 Å². The molecule has 0 bridgehead atoms. The minimum Gasteiger partial charge on any atom is -0.399 e. The normalized spacial score (nSPS) is 15.2. The van der Waals surface area contributed by atoms with Crippen LogP contribution in [0.4, 0.5) is 5.69 Å². The Bertz CT molecular complexity index is 567. The van der Waals surface area contributed by atoms with Crippen LogP contribution < -0.4 is 5.73 Å². The number of aromatic nitrogens is 3. The third-order valence-corrected chi connectivity index (χ3v) is 3.28. The van der Waals surface area contributed by atoms with Crippen molar-refractivity contribution in [1.82, 2.24) is 14.8 Å². The first-order valence-corrected chi connectivity index (χ1v) is 5.95. The Kier molecular flexibility index (Phi) is 2.18. The molecule has 1 fully saturated rings. The lowest BCUT2D eigenvalue weighted by molar-refractivity contribution is 0.717. The van der Waals surface area contributed by atoms with E-state index in [4.69, 9.17) is 5.73 Å². The van der Waals surface area contributed by atoms with Crippen LogP contribution in [-0.4, -0.2) is 14.8 Å². The first-order chi connectivity index (χ1) is 8.16. The minimum atomic E-state index is 0.584. The zero-order chi connectivity index (χ0) is 12.0. The van der Waals surface area contributed by atoms with Crippen LogP contribution in [0.25, 0.3) is 11.4 Å². The van der Waals surface area contributed by atoms with Crippen LogP contribution in [0.15, 0.2) is 18.2 Å². The summed E-state index contributed by atoms with van der Waals surface area (Å²) in [7, 11) is 0. The van der Waals surface area contributed by atoms with Gasteiger partial charge in [0.05, 0.1) is 0 Å². The Morgan fingerprint density at radius 2 is 2.00 bits per heavy atom. The first-order valence-electron chi connectivity index (χ1n) is 5.95. The van der Waals surface area contributed by atoms with Gasteiger partial charge in [0.1, 0.15) is 5.82 Å². The molecular formula is C13H16N4. The summed E-state index contributed by atoms with van der Waals surface area (Å²) in [5.41, 5.74) is 8.91. The highest BCUT2D eigenvalue weighted by atomic mass is 15.3. The number of hydrogen-bond acceptors (Lipinski definition) is 3. The quantitative estimate of drug-likeness (QED) is 0.803. The number of aryl methyl sites for hydroxylation is 2. The van der Waals surface area contributed by atoms with Gasteiger partial charge < -0.3 is 10.3 Å². The number of hydrogen-bond donors (Lipinski definition) is 1. The molecule has 2 aromatic rings. The molecule has 1 aromatic carbocycles. The molecule has 0 saturated heterocycles. The summed E-state index contributed by atoms with van der Waals surface area (Å²) in [6.45, 7) is 4.09. The Hall–Kier alpha value is -1.84. The Morgan fingerprint density at radius 3 is 2.71 bits per heavy atom. The summed E-state index contributed by atoms with van der Waals surface area (Å²) in [6.07, 6.45) is 2.46. The van der Waals surface area contributed by atoms with Gasteiger partial charge >= 0.3 is 0 Å². The average Bonchev–Trinajstić information content (AvgIpc) is 3.06. The van der Waals surface area contributed by atoms with Crippen LogP contribution in [0.2, 0.25) is 0 Å². The van der Waals surface area contributed by atoms with E-state index in [1.54, 1.807) is 0 Å². The van der Waals surface area contributed by atoms with Crippen molar-refractivity contribution in [1.29, 1.82) is 0 Å². The van der Waals surface area contributed by atoms with Gasteiger partial charge in [0, 0.05) is 17.3 Å². The third-order valence-electron chi connectivity index (χ3n) is 3.28. The van der Waals surface area contributed by atoms with E-state index in [0.29, 0.717) is 6.04 Å². The van der Waals surface area contributed by atoms with Crippen LogP contribution in [0.1, 0.15) is 30.3 Å². The summed E-state index contributed by atoms with van der Waals surface area (Å²) >= 11 is 0. The molecule has 1 saturated carbocycles. The highest BCUT2D eigenvalue weighted by molar-refractivity contribution is 5.65. The second-order valence-electron chi connectivity index (χ2n) is 4.75. The van der Waals surface area contributed by atoms with Crippen molar-refractivity contribution in [2.24, 2.45) is 0 Å². The van der Waals surface area contributed by atoms with Gasteiger partial charge in [-0.1, -0.05) is 6.07 Å². The molecule has 1 aliphatic rings. The molecule has 1 aliphatic carbocycles. The van der Waals surface area contributed by atoms with Crippen LogP contribution in [0.5, 0.6) is 0 Å². The Balaban J connectivity index is 2.17. The third kappa shape index (κ3) is 1.69. The SMILES string of the molecule is Cc1ccc(N)cc1-c1nnc(C)n1C1CC1. The number of nitrogen functional groups attached to an aromatic ring is 1. The summed E-state index contributed by atoms with van der Waals surface area (Å²) in [4.78, 5) is 0. The second-order valence-corrected chi connectivity index (χ2v) is 4.75. The molecule has 4 heteroatoms. The van der Waals surface area contributed by atoms with Gasteiger partial charge in [-0.25, -0.2) is 0 Å². The van der Waals surface area contributed by atoms with Crippen molar-refractivity contribution in [2.75, 3.05) is 5.73 Å². The maximum absolute atomic E-state index is 5.86. The van der Waals surface area contributed by atoms with Crippen molar-refractivity contribution in [3.63, 3.8) is 0 Å². The molecule has 0 aliphatic heterocycles. The van der Waals surface area contributed by atoms with Gasteiger partial charge in [-0.3, -0.25) is 0 Å². The monoisotopic (exact) mass is 228 g/mol. The lowest BCUT2D eigenvalue weighted by Gasteiger charge is -2.09. The molecule has 0 unspecified atom stereocenters. The van der Waals surface area contributed by atoms with Crippen molar-refractivity contribution >= 4 is 5.69 Å². The number of rotatable bonds is 2. The van der Waals surface area contributed by atoms with Gasteiger partial charge in [-0.2, -0.15) is 0 Å².